The molecule has 1 N–H and O–H groups in total. The molecule has 0 aromatic rings. The van der Waals surface area contributed by atoms with Crippen LogP contribution < -0.4 is 17.0 Å². The Morgan fingerprint density at radius 2 is 0.735 bits per heavy atom. The first-order valence-electron chi connectivity index (χ1n) is 21.6. The molecular weight excluding hydrogens is 681 g/mol. The first-order valence-corrected chi connectivity index (χ1v) is 21.6. The van der Waals surface area contributed by atoms with Gasteiger partial charge in [0.25, 0.3) is 0 Å². The van der Waals surface area contributed by atoms with Gasteiger partial charge < -0.3 is 33.7 Å². The summed E-state index contributed by atoms with van der Waals surface area (Å²) in [6.45, 7) is 17.4. The Hall–Kier alpha value is 0.676. The SMILES string of the molecule is CCCCCC(=O)OCC.CCCCCCCCCCC(O)(CCCCC)CCCCCCCCCC.[Br-].[CH2-]CCCCCCCCC.[Mg+2]. The summed E-state index contributed by atoms with van der Waals surface area (Å²) in [4.78, 5) is 10.7. The third kappa shape index (κ3) is 55.6. The van der Waals surface area contributed by atoms with Crippen molar-refractivity contribution in [2.75, 3.05) is 6.61 Å². The van der Waals surface area contributed by atoms with Crippen molar-refractivity contribution in [3.8, 4) is 0 Å². The van der Waals surface area contributed by atoms with E-state index in [2.05, 4.69) is 41.5 Å². The number of carbonyl (C=O) groups excluding carboxylic acids is 1. The van der Waals surface area contributed by atoms with Gasteiger partial charge in [-0.2, -0.15) is 6.42 Å². The van der Waals surface area contributed by atoms with Gasteiger partial charge in [0, 0.05) is 6.42 Å². The van der Waals surface area contributed by atoms with Crippen LogP contribution >= 0.6 is 0 Å². The Morgan fingerprint density at radius 1 is 0.469 bits per heavy atom. The molecule has 0 saturated heterocycles. The molecule has 0 rings (SSSR count). The van der Waals surface area contributed by atoms with Crippen molar-refractivity contribution in [3.63, 3.8) is 0 Å². The van der Waals surface area contributed by atoms with Crippen LogP contribution in [0.4, 0.5) is 0 Å². The Balaban J connectivity index is -0.000000241. The number of carbonyl (C=O) groups is 1. The van der Waals surface area contributed by atoms with Crippen LogP contribution in [0.1, 0.15) is 260 Å². The number of hydrogen-bond donors (Lipinski definition) is 1. The molecule has 0 aliphatic carbocycles. The maximum atomic E-state index is 11.2. The van der Waals surface area contributed by atoms with Crippen LogP contribution in [0.3, 0.4) is 0 Å². The summed E-state index contributed by atoms with van der Waals surface area (Å²) in [5.41, 5.74) is -0.362. The molecule has 3 nitrogen and oxygen atoms in total. The molecule has 0 unspecified atom stereocenters. The normalized spacial score (nSPS) is 10.6. The Morgan fingerprint density at radius 3 is 1.06 bits per heavy atom. The van der Waals surface area contributed by atoms with Crippen LogP contribution in [0.5, 0.6) is 0 Å². The molecule has 0 aliphatic heterocycles. The molecule has 0 aromatic carbocycles. The number of aliphatic hydroxyl groups is 1. The summed E-state index contributed by atoms with van der Waals surface area (Å²) >= 11 is 0. The zero-order chi connectivity index (χ0) is 35.5. The fourth-order valence-corrected chi connectivity index (χ4v) is 6.14. The van der Waals surface area contributed by atoms with Crippen molar-refractivity contribution < 1.29 is 31.6 Å². The molecule has 294 valence electrons. The number of ether oxygens (including phenoxy) is 1. The van der Waals surface area contributed by atoms with Crippen LogP contribution in [0.15, 0.2) is 0 Å². The van der Waals surface area contributed by atoms with E-state index in [4.69, 9.17) is 4.74 Å². The average molecular weight is 772 g/mol. The van der Waals surface area contributed by atoms with E-state index in [0.717, 1.165) is 44.9 Å². The van der Waals surface area contributed by atoms with Gasteiger partial charge >= 0.3 is 29.0 Å². The molecule has 0 heterocycles. The molecule has 0 radical (unpaired) electrons. The van der Waals surface area contributed by atoms with Gasteiger partial charge in [0.1, 0.15) is 0 Å². The topological polar surface area (TPSA) is 46.5 Å². The van der Waals surface area contributed by atoms with E-state index in [-0.39, 0.29) is 51.6 Å². The summed E-state index contributed by atoms with van der Waals surface area (Å²) in [6.07, 6.45) is 43.4. The minimum Gasteiger partial charge on any atom is -1.00 e. The first-order chi connectivity index (χ1) is 22.9. The van der Waals surface area contributed by atoms with E-state index in [1.807, 2.05) is 6.92 Å². The van der Waals surface area contributed by atoms with Gasteiger partial charge in [-0.1, -0.05) is 214 Å². The number of halogens is 1. The molecule has 0 fully saturated rings. The summed E-state index contributed by atoms with van der Waals surface area (Å²) < 4.78 is 4.75. The second kappa shape index (κ2) is 53.0. The zero-order valence-electron chi connectivity index (χ0n) is 34.8. The fourth-order valence-electron chi connectivity index (χ4n) is 6.14. The van der Waals surface area contributed by atoms with Gasteiger partial charge in [-0.05, 0) is 32.6 Å². The van der Waals surface area contributed by atoms with E-state index in [9.17, 15) is 9.90 Å². The third-order valence-corrected chi connectivity index (χ3v) is 9.38. The molecule has 0 atom stereocenters. The van der Waals surface area contributed by atoms with Gasteiger partial charge in [0.15, 0.2) is 0 Å². The van der Waals surface area contributed by atoms with Crippen molar-refractivity contribution in [3.05, 3.63) is 6.92 Å². The predicted molar refractivity (Wildman–Crippen MR) is 218 cm³/mol. The molecule has 0 aromatic heterocycles. The van der Waals surface area contributed by atoms with Crippen LogP contribution in [0.2, 0.25) is 0 Å². The van der Waals surface area contributed by atoms with Crippen molar-refractivity contribution in [2.45, 2.75) is 265 Å². The Labute approximate surface area is 337 Å². The van der Waals surface area contributed by atoms with Crippen molar-refractivity contribution in [1.82, 2.24) is 0 Å². The molecule has 5 heteroatoms. The smallest absolute Gasteiger partial charge is 1.00 e. The monoisotopic (exact) mass is 771 g/mol. The number of hydrogen-bond acceptors (Lipinski definition) is 3. The second-order valence-corrected chi connectivity index (χ2v) is 14.4. The summed E-state index contributed by atoms with van der Waals surface area (Å²) in [5.74, 6) is -0.0593. The van der Waals surface area contributed by atoms with Gasteiger partial charge in [0.2, 0.25) is 0 Å². The van der Waals surface area contributed by atoms with Crippen molar-refractivity contribution in [2.24, 2.45) is 0 Å². The van der Waals surface area contributed by atoms with Crippen LogP contribution in [0.25, 0.3) is 0 Å². The number of esters is 1. The Kier molecular flexibility index (Phi) is 63.8. The summed E-state index contributed by atoms with van der Waals surface area (Å²) in [6, 6.07) is 0. The predicted octanol–water partition coefficient (Wildman–Crippen LogP) is 12.1. The molecule has 0 saturated carbocycles. The number of rotatable bonds is 34. The van der Waals surface area contributed by atoms with Gasteiger partial charge in [0.05, 0.1) is 12.2 Å². The van der Waals surface area contributed by atoms with Crippen LogP contribution in [-0.4, -0.2) is 46.3 Å². The van der Waals surface area contributed by atoms with E-state index in [1.165, 1.54) is 167 Å². The van der Waals surface area contributed by atoms with E-state index in [0.29, 0.717) is 13.0 Å². The van der Waals surface area contributed by atoms with Crippen molar-refractivity contribution >= 4 is 29.0 Å². The third-order valence-electron chi connectivity index (χ3n) is 9.38. The van der Waals surface area contributed by atoms with Gasteiger partial charge in [-0.3, -0.25) is 4.79 Å². The van der Waals surface area contributed by atoms with E-state index in [1.54, 1.807) is 0 Å². The minimum absolute atomic E-state index is 0. The molecule has 49 heavy (non-hydrogen) atoms. The average Bonchev–Trinajstić information content (AvgIpc) is 3.06. The fraction of sp³-hybridized carbons (Fsp3) is 0.955. The quantitative estimate of drug-likeness (QED) is 0.0307. The first kappa shape index (κ1) is 59.0. The van der Waals surface area contributed by atoms with Crippen LogP contribution in [0, 0.1) is 6.92 Å². The summed E-state index contributed by atoms with van der Waals surface area (Å²) in [7, 11) is 0. The van der Waals surface area contributed by atoms with Crippen LogP contribution in [-0.2, 0) is 9.53 Å². The summed E-state index contributed by atoms with van der Waals surface area (Å²) in [5, 5.41) is 11.2. The molecular formula is C44H91BrMgO3. The second-order valence-electron chi connectivity index (χ2n) is 14.4. The zero-order valence-corrected chi connectivity index (χ0v) is 37.8. The molecule has 0 amide bonds. The molecule has 0 spiro atoms. The van der Waals surface area contributed by atoms with Crippen molar-refractivity contribution in [1.29, 1.82) is 0 Å². The minimum atomic E-state index is -0.362. The largest absolute Gasteiger partial charge is 2.00 e. The standard InChI is InChI=1S/C26H54O.C10H21.C8H16O2.BrH.Mg/c1-4-7-10-12-14-16-18-21-24-26(27,23-20-9-6-3)25-22-19-17-15-13-11-8-5-2;1-3-5-7-9-10-8-6-4-2;1-3-5-6-7-8(9)10-4-2;;/h27H,4-25H2,1-3H3;1,3-10H2,2H3;3-7H2,1-2H3;1H;/q;-1;;;+2/p-1. The number of unbranched alkanes of at least 4 members (excludes halogenated alkanes) is 25. The maximum Gasteiger partial charge on any atom is 2.00 e. The van der Waals surface area contributed by atoms with Gasteiger partial charge in [-0.25, -0.2) is 0 Å². The molecule has 0 aliphatic rings. The molecule has 0 bridgehead atoms. The maximum absolute atomic E-state index is 11.2. The Bertz CT molecular complexity index is 532. The van der Waals surface area contributed by atoms with E-state index < -0.39 is 0 Å². The van der Waals surface area contributed by atoms with Gasteiger partial charge in [-0.15, -0.1) is 0 Å². The van der Waals surface area contributed by atoms with E-state index >= 15 is 0 Å².